The predicted octanol–water partition coefficient (Wildman–Crippen LogP) is 3.17. The Bertz CT molecular complexity index is 821. The Labute approximate surface area is 157 Å². The van der Waals surface area contributed by atoms with Gasteiger partial charge in [-0.25, -0.2) is 4.39 Å². The summed E-state index contributed by atoms with van der Waals surface area (Å²) in [6.45, 7) is 5.62. The first-order chi connectivity index (χ1) is 12.6. The van der Waals surface area contributed by atoms with Crippen molar-refractivity contribution in [1.29, 1.82) is 0 Å². The number of esters is 1. The molecule has 0 bridgehead atoms. The molecule has 1 N–H and O–H groups in total. The third kappa shape index (κ3) is 6.33. The van der Waals surface area contributed by atoms with Gasteiger partial charge < -0.3 is 4.74 Å². The van der Waals surface area contributed by atoms with Crippen LogP contribution < -0.4 is 5.32 Å². The Morgan fingerprint density at radius 2 is 1.56 bits per heavy atom. The Morgan fingerprint density at radius 1 is 0.963 bits per heavy atom. The second kappa shape index (κ2) is 8.58. The zero-order valence-electron chi connectivity index (χ0n) is 15.5. The number of ether oxygens (including phenoxy) is 1. The van der Waals surface area contributed by atoms with E-state index < -0.39 is 30.2 Å². The number of imide groups is 1. The summed E-state index contributed by atoms with van der Waals surface area (Å²) in [5.41, 5.74) is 1.94. The normalized spacial score (nSPS) is 11.0. The third-order valence-electron chi connectivity index (χ3n) is 3.89. The van der Waals surface area contributed by atoms with Crippen molar-refractivity contribution < 1.29 is 23.5 Å². The Balaban J connectivity index is 1.81. The number of amides is 2. The first kappa shape index (κ1) is 20.3. The van der Waals surface area contributed by atoms with Crippen molar-refractivity contribution in [2.24, 2.45) is 0 Å². The van der Waals surface area contributed by atoms with E-state index in [-0.39, 0.29) is 11.8 Å². The lowest BCUT2D eigenvalue weighted by molar-refractivity contribution is -0.147. The van der Waals surface area contributed by atoms with Gasteiger partial charge in [0.1, 0.15) is 5.82 Å². The molecule has 0 aliphatic carbocycles. The van der Waals surface area contributed by atoms with E-state index in [1.165, 1.54) is 24.3 Å². The van der Waals surface area contributed by atoms with Crippen LogP contribution in [0.5, 0.6) is 0 Å². The standard InChI is InChI=1S/C21H22FNO4/c1-21(2,3)16-8-6-15(7-9-16)20(26)23-18(24)13-27-19(25)12-14-4-10-17(22)11-5-14/h4-11H,12-13H2,1-3H3,(H,23,24,26). The van der Waals surface area contributed by atoms with Crippen molar-refractivity contribution in [2.75, 3.05) is 6.61 Å². The van der Waals surface area contributed by atoms with Crippen LogP contribution in [0, 0.1) is 5.82 Å². The van der Waals surface area contributed by atoms with Crippen molar-refractivity contribution >= 4 is 17.8 Å². The zero-order valence-corrected chi connectivity index (χ0v) is 15.5. The van der Waals surface area contributed by atoms with Crippen molar-refractivity contribution in [3.63, 3.8) is 0 Å². The first-order valence-corrected chi connectivity index (χ1v) is 8.50. The molecule has 0 aliphatic rings. The summed E-state index contributed by atoms with van der Waals surface area (Å²) in [7, 11) is 0. The lowest BCUT2D eigenvalue weighted by Crippen LogP contribution is -2.34. The van der Waals surface area contributed by atoms with Gasteiger partial charge in [-0.3, -0.25) is 19.7 Å². The molecule has 5 nitrogen and oxygen atoms in total. The molecule has 142 valence electrons. The van der Waals surface area contributed by atoms with Crippen molar-refractivity contribution in [2.45, 2.75) is 32.6 Å². The van der Waals surface area contributed by atoms with Crippen LogP contribution in [0.1, 0.15) is 42.3 Å². The SMILES string of the molecule is CC(C)(C)c1ccc(C(=O)NC(=O)COC(=O)Cc2ccc(F)cc2)cc1. The molecule has 2 rings (SSSR count). The summed E-state index contributed by atoms with van der Waals surface area (Å²) in [6, 6.07) is 12.3. The number of carbonyl (C=O) groups excluding carboxylic acids is 3. The van der Waals surface area contributed by atoms with Gasteiger partial charge in [-0.2, -0.15) is 0 Å². The van der Waals surface area contributed by atoms with E-state index >= 15 is 0 Å². The second-order valence-electron chi connectivity index (χ2n) is 7.17. The second-order valence-corrected chi connectivity index (χ2v) is 7.17. The molecule has 27 heavy (non-hydrogen) atoms. The lowest BCUT2D eigenvalue weighted by Gasteiger charge is -2.18. The van der Waals surface area contributed by atoms with Gasteiger partial charge in [0.2, 0.25) is 0 Å². The Hall–Kier alpha value is -3.02. The van der Waals surface area contributed by atoms with Gasteiger partial charge in [0.05, 0.1) is 6.42 Å². The van der Waals surface area contributed by atoms with Crippen LogP contribution in [0.25, 0.3) is 0 Å². The lowest BCUT2D eigenvalue weighted by atomic mass is 9.87. The number of nitrogens with one attached hydrogen (secondary N) is 1. The molecule has 0 aliphatic heterocycles. The molecule has 0 spiro atoms. The van der Waals surface area contributed by atoms with Gasteiger partial charge in [-0.05, 0) is 40.8 Å². The average molecular weight is 371 g/mol. The number of carbonyl (C=O) groups is 3. The number of rotatable bonds is 5. The van der Waals surface area contributed by atoms with Crippen LogP contribution in [0.2, 0.25) is 0 Å². The minimum absolute atomic E-state index is 0.0381. The fraction of sp³-hybridized carbons (Fsp3) is 0.286. The maximum Gasteiger partial charge on any atom is 0.310 e. The van der Waals surface area contributed by atoms with Crippen LogP contribution in [-0.2, 0) is 26.2 Å². The van der Waals surface area contributed by atoms with Gasteiger partial charge in [0.25, 0.3) is 11.8 Å². The molecule has 0 saturated heterocycles. The molecule has 2 amide bonds. The minimum atomic E-state index is -0.715. The molecule has 0 unspecified atom stereocenters. The number of hydrogen-bond acceptors (Lipinski definition) is 4. The number of hydrogen-bond donors (Lipinski definition) is 1. The molecule has 6 heteroatoms. The summed E-state index contributed by atoms with van der Waals surface area (Å²) in [4.78, 5) is 35.6. The zero-order chi connectivity index (χ0) is 20.0. The monoisotopic (exact) mass is 371 g/mol. The maximum absolute atomic E-state index is 12.8. The molecule has 0 aromatic heterocycles. The molecule has 0 radical (unpaired) electrons. The average Bonchev–Trinajstić information content (AvgIpc) is 2.61. The summed E-state index contributed by atoms with van der Waals surface area (Å²) >= 11 is 0. The molecule has 0 atom stereocenters. The molecule has 0 heterocycles. The van der Waals surface area contributed by atoms with Gasteiger partial charge in [-0.1, -0.05) is 45.0 Å². The summed E-state index contributed by atoms with van der Waals surface area (Å²) < 4.78 is 17.7. The summed E-state index contributed by atoms with van der Waals surface area (Å²) in [5, 5.41) is 2.18. The van der Waals surface area contributed by atoms with E-state index in [1.54, 1.807) is 12.1 Å². The third-order valence-corrected chi connectivity index (χ3v) is 3.89. The summed E-state index contributed by atoms with van der Waals surface area (Å²) in [5.74, 6) is -2.32. The highest BCUT2D eigenvalue weighted by atomic mass is 19.1. The largest absolute Gasteiger partial charge is 0.455 e. The summed E-state index contributed by atoms with van der Waals surface area (Å²) in [6.07, 6.45) is -0.0875. The van der Waals surface area contributed by atoms with E-state index in [0.717, 1.165) is 5.56 Å². The van der Waals surface area contributed by atoms with E-state index in [9.17, 15) is 18.8 Å². The predicted molar refractivity (Wildman–Crippen MR) is 98.7 cm³/mol. The fourth-order valence-corrected chi connectivity index (χ4v) is 2.32. The highest BCUT2D eigenvalue weighted by molar-refractivity contribution is 6.05. The Morgan fingerprint density at radius 3 is 2.11 bits per heavy atom. The molecule has 0 fully saturated rings. The number of halogens is 1. The van der Waals surface area contributed by atoms with Gasteiger partial charge in [0, 0.05) is 5.56 Å². The van der Waals surface area contributed by atoms with Crippen molar-refractivity contribution in [3.05, 3.63) is 71.0 Å². The molecule has 2 aromatic rings. The van der Waals surface area contributed by atoms with Crippen molar-refractivity contribution in [1.82, 2.24) is 5.32 Å². The van der Waals surface area contributed by atoms with Crippen molar-refractivity contribution in [3.8, 4) is 0 Å². The fourth-order valence-electron chi connectivity index (χ4n) is 2.32. The van der Waals surface area contributed by atoms with E-state index in [2.05, 4.69) is 26.1 Å². The maximum atomic E-state index is 12.8. The van der Waals surface area contributed by atoms with Gasteiger partial charge in [0.15, 0.2) is 6.61 Å². The van der Waals surface area contributed by atoms with Crippen LogP contribution in [0.15, 0.2) is 48.5 Å². The quantitative estimate of drug-likeness (QED) is 0.820. The van der Waals surface area contributed by atoms with Crippen LogP contribution >= 0.6 is 0 Å². The molecular weight excluding hydrogens is 349 g/mol. The highest BCUT2D eigenvalue weighted by Gasteiger charge is 2.16. The topological polar surface area (TPSA) is 72.5 Å². The van der Waals surface area contributed by atoms with E-state index in [0.29, 0.717) is 11.1 Å². The smallest absolute Gasteiger partial charge is 0.310 e. The van der Waals surface area contributed by atoms with Crippen LogP contribution in [0.3, 0.4) is 0 Å². The molecule has 0 saturated carbocycles. The Kier molecular flexibility index (Phi) is 6.45. The van der Waals surface area contributed by atoms with Gasteiger partial charge >= 0.3 is 5.97 Å². The van der Waals surface area contributed by atoms with Gasteiger partial charge in [-0.15, -0.1) is 0 Å². The van der Waals surface area contributed by atoms with E-state index in [4.69, 9.17) is 4.74 Å². The highest BCUT2D eigenvalue weighted by Crippen LogP contribution is 2.22. The van der Waals surface area contributed by atoms with Crippen LogP contribution in [-0.4, -0.2) is 24.4 Å². The first-order valence-electron chi connectivity index (χ1n) is 8.50. The minimum Gasteiger partial charge on any atom is -0.455 e. The van der Waals surface area contributed by atoms with E-state index in [1.807, 2.05) is 12.1 Å². The number of benzene rings is 2. The van der Waals surface area contributed by atoms with Crippen LogP contribution in [0.4, 0.5) is 4.39 Å². The molecule has 2 aromatic carbocycles. The molecular formula is C21H22FNO4.